The highest BCUT2D eigenvalue weighted by molar-refractivity contribution is 5.92. The molecule has 146 valence electrons. The number of carbonyl (C=O) groups is 1. The zero-order valence-electron chi connectivity index (χ0n) is 16.2. The Kier molecular flexibility index (Phi) is 5.52. The Morgan fingerprint density at radius 1 is 1.03 bits per heavy atom. The number of carbonyl (C=O) groups excluding carboxylic acids is 1. The summed E-state index contributed by atoms with van der Waals surface area (Å²) in [6.07, 6.45) is 1.60. The number of amides is 1. The molecule has 2 aromatic heterocycles. The molecule has 6 heteroatoms. The number of rotatable bonds is 7. The van der Waals surface area contributed by atoms with Gasteiger partial charge in [-0.05, 0) is 42.8 Å². The molecule has 4 aromatic rings. The van der Waals surface area contributed by atoms with Gasteiger partial charge in [-0.3, -0.25) is 9.78 Å². The Morgan fingerprint density at radius 3 is 2.66 bits per heavy atom. The third-order valence-electron chi connectivity index (χ3n) is 4.70. The van der Waals surface area contributed by atoms with Crippen LogP contribution in [0.4, 0.5) is 0 Å². The van der Waals surface area contributed by atoms with Crippen LogP contribution in [0.3, 0.4) is 0 Å². The number of nitrogens with one attached hydrogen (secondary N) is 1. The summed E-state index contributed by atoms with van der Waals surface area (Å²) in [5.74, 6) is 1.44. The van der Waals surface area contributed by atoms with E-state index in [0.717, 1.165) is 28.2 Å². The van der Waals surface area contributed by atoms with Crippen LogP contribution >= 0.6 is 0 Å². The highest BCUT2D eigenvalue weighted by Gasteiger charge is 2.13. The van der Waals surface area contributed by atoms with E-state index in [4.69, 9.17) is 9.72 Å². The fraction of sp³-hybridized carbons (Fsp3) is 0.174. The minimum absolute atomic E-state index is 0.222. The van der Waals surface area contributed by atoms with Crippen LogP contribution in [0.1, 0.15) is 21.9 Å². The fourth-order valence-electron chi connectivity index (χ4n) is 3.22. The van der Waals surface area contributed by atoms with E-state index in [0.29, 0.717) is 25.4 Å². The lowest BCUT2D eigenvalue weighted by Crippen LogP contribution is -2.26. The highest BCUT2D eigenvalue weighted by atomic mass is 16.5. The summed E-state index contributed by atoms with van der Waals surface area (Å²) in [4.78, 5) is 21.1. The Morgan fingerprint density at radius 2 is 1.83 bits per heavy atom. The molecule has 0 radical (unpaired) electrons. The Labute approximate surface area is 169 Å². The van der Waals surface area contributed by atoms with Gasteiger partial charge >= 0.3 is 0 Å². The molecule has 0 unspecified atom stereocenters. The van der Waals surface area contributed by atoms with Gasteiger partial charge in [0.25, 0.3) is 5.91 Å². The number of ether oxygens (including phenoxy) is 1. The van der Waals surface area contributed by atoms with E-state index in [2.05, 4.69) is 14.9 Å². The van der Waals surface area contributed by atoms with E-state index < -0.39 is 0 Å². The summed E-state index contributed by atoms with van der Waals surface area (Å²) in [5.41, 5.74) is 3.40. The van der Waals surface area contributed by atoms with Gasteiger partial charge in [-0.1, -0.05) is 36.4 Å². The van der Waals surface area contributed by atoms with E-state index in [1.165, 1.54) is 0 Å². The number of fused-ring (bicyclic) bond motifs is 1. The molecule has 2 heterocycles. The van der Waals surface area contributed by atoms with Crippen molar-refractivity contribution in [1.82, 2.24) is 19.9 Å². The molecule has 0 saturated heterocycles. The molecule has 0 bridgehead atoms. The second kappa shape index (κ2) is 8.56. The van der Waals surface area contributed by atoms with Crippen LogP contribution in [0.2, 0.25) is 0 Å². The van der Waals surface area contributed by atoms with Crippen LogP contribution < -0.4 is 10.1 Å². The molecule has 29 heavy (non-hydrogen) atoms. The largest absolute Gasteiger partial charge is 0.491 e. The van der Waals surface area contributed by atoms with Gasteiger partial charge in [0, 0.05) is 6.20 Å². The van der Waals surface area contributed by atoms with Crippen LogP contribution in [-0.2, 0) is 13.1 Å². The van der Waals surface area contributed by atoms with Crippen LogP contribution in [0.15, 0.2) is 72.9 Å². The summed E-state index contributed by atoms with van der Waals surface area (Å²) >= 11 is 0. The second-order valence-electron chi connectivity index (χ2n) is 6.68. The van der Waals surface area contributed by atoms with Gasteiger partial charge in [-0.2, -0.15) is 0 Å². The average Bonchev–Trinajstić information content (AvgIpc) is 3.11. The zero-order valence-corrected chi connectivity index (χ0v) is 16.2. The maximum absolute atomic E-state index is 12.3. The normalized spacial score (nSPS) is 10.8. The van der Waals surface area contributed by atoms with E-state index in [1.54, 1.807) is 24.4 Å². The van der Waals surface area contributed by atoms with Gasteiger partial charge in [0.1, 0.15) is 23.9 Å². The number of imidazole rings is 1. The van der Waals surface area contributed by atoms with Crippen LogP contribution in [0.5, 0.6) is 5.75 Å². The van der Waals surface area contributed by atoms with Crippen molar-refractivity contribution >= 4 is 16.9 Å². The number of benzene rings is 2. The first-order chi connectivity index (χ1) is 14.2. The lowest BCUT2D eigenvalue weighted by atomic mass is 10.2. The van der Waals surface area contributed by atoms with Crippen molar-refractivity contribution in [2.24, 2.45) is 0 Å². The SMILES string of the molecule is Cc1ccccc1OCCn1c(CNC(=O)c2ccccn2)nc2ccccc21. The standard InChI is InChI=1S/C23H22N4O2/c1-17-8-2-5-12-21(17)29-15-14-27-20-11-4-3-9-18(20)26-22(27)16-25-23(28)19-10-6-7-13-24-19/h2-13H,14-16H2,1H3,(H,25,28). The number of aromatic nitrogens is 3. The first kappa shape index (κ1) is 18.7. The van der Waals surface area contributed by atoms with Gasteiger partial charge in [-0.25, -0.2) is 4.98 Å². The molecule has 1 amide bonds. The Bertz CT molecular complexity index is 1120. The van der Waals surface area contributed by atoms with Crippen molar-refractivity contribution in [3.8, 4) is 5.75 Å². The molecule has 1 N–H and O–H groups in total. The lowest BCUT2D eigenvalue weighted by molar-refractivity contribution is 0.0944. The molecule has 0 fully saturated rings. The topological polar surface area (TPSA) is 69.0 Å². The molecule has 6 nitrogen and oxygen atoms in total. The molecule has 0 aliphatic carbocycles. The molecular weight excluding hydrogens is 364 g/mol. The number of nitrogens with zero attached hydrogens (tertiary/aromatic N) is 3. The molecular formula is C23H22N4O2. The van der Waals surface area contributed by atoms with Gasteiger partial charge in [0.2, 0.25) is 0 Å². The number of hydrogen-bond donors (Lipinski definition) is 1. The third-order valence-corrected chi connectivity index (χ3v) is 4.70. The summed E-state index contributed by atoms with van der Waals surface area (Å²) in [7, 11) is 0. The van der Waals surface area contributed by atoms with Gasteiger partial charge in [0.05, 0.1) is 24.1 Å². The number of para-hydroxylation sites is 3. The third kappa shape index (κ3) is 4.27. The summed E-state index contributed by atoms with van der Waals surface area (Å²) in [5, 5.41) is 2.91. The van der Waals surface area contributed by atoms with E-state index in [9.17, 15) is 4.79 Å². The minimum Gasteiger partial charge on any atom is -0.491 e. The quantitative estimate of drug-likeness (QED) is 0.525. The minimum atomic E-state index is -0.222. The van der Waals surface area contributed by atoms with Gasteiger partial charge in [0.15, 0.2) is 0 Å². The Hall–Kier alpha value is -3.67. The van der Waals surface area contributed by atoms with Crippen molar-refractivity contribution in [3.63, 3.8) is 0 Å². The average molecular weight is 386 g/mol. The fourth-order valence-corrected chi connectivity index (χ4v) is 3.22. The molecule has 0 aliphatic rings. The predicted molar refractivity (Wildman–Crippen MR) is 112 cm³/mol. The maximum atomic E-state index is 12.3. The summed E-state index contributed by atoms with van der Waals surface area (Å²) in [6, 6.07) is 21.2. The number of hydrogen-bond acceptors (Lipinski definition) is 4. The van der Waals surface area contributed by atoms with Crippen LogP contribution in [0, 0.1) is 6.92 Å². The van der Waals surface area contributed by atoms with Gasteiger partial charge < -0.3 is 14.6 Å². The van der Waals surface area contributed by atoms with Crippen LogP contribution in [0.25, 0.3) is 11.0 Å². The number of aryl methyl sites for hydroxylation is 1. The smallest absolute Gasteiger partial charge is 0.270 e. The Balaban J connectivity index is 1.50. The number of pyridine rings is 1. The molecule has 0 saturated carbocycles. The second-order valence-corrected chi connectivity index (χ2v) is 6.68. The first-order valence-corrected chi connectivity index (χ1v) is 9.54. The van der Waals surface area contributed by atoms with E-state index >= 15 is 0 Å². The van der Waals surface area contributed by atoms with Gasteiger partial charge in [-0.15, -0.1) is 0 Å². The molecule has 0 spiro atoms. The summed E-state index contributed by atoms with van der Waals surface area (Å²) < 4.78 is 8.05. The predicted octanol–water partition coefficient (Wildman–Crippen LogP) is 3.75. The maximum Gasteiger partial charge on any atom is 0.270 e. The van der Waals surface area contributed by atoms with Crippen molar-refractivity contribution in [2.45, 2.75) is 20.0 Å². The van der Waals surface area contributed by atoms with E-state index in [1.807, 2.05) is 55.5 Å². The van der Waals surface area contributed by atoms with Crippen molar-refractivity contribution in [1.29, 1.82) is 0 Å². The monoisotopic (exact) mass is 386 g/mol. The van der Waals surface area contributed by atoms with Crippen molar-refractivity contribution in [3.05, 3.63) is 90.0 Å². The van der Waals surface area contributed by atoms with Crippen molar-refractivity contribution in [2.75, 3.05) is 6.61 Å². The van der Waals surface area contributed by atoms with Crippen LogP contribution in [-0.4, -0.2) is 27.0 Å². The molecule has 0 atom stereocenters. The van der Waals surface area contributed by atoms with Crippen molar-refractivity contribution < 1.29 is 9.53 Å². The molecule has 0 aliphatic heterocycles. The molecule has 2 aromatic carbocycles. The lowest BCUT2D eigenvalue weighted by Gasteiger charge is -2.12. The first-order valence-electron chi connectivity index (χ1n) is 9.54. The molecule has 4 rings (SSSR count). The highest BCUT2D eigenvalue weighted by Crippen LogP contribution is 2.18. The van der Waals surface area contributed by atoms with E-state index in [-0.39, 0.29) is 5.91 Å². The summed E-state index contributed by atoms with van der Waals surface area (Å²) in [6.45, 7) is 3.48. The zero-order chi connectivity index (χ0) is 20.1.